The Morgan fingerprint density at radius 3 is 2.69 bits per heavy atom. The van der Waals surface area contributed by atoms with Gasteiger partial charge in [-0.05, 0) is 38.4 Å². The topological polar surface area (TPSA) is 67.1 Å². The van der Waals surface area contributed by atoms with Crippen molar-refractivity contribution in [3.8, 4) is 10.7 Å². The molecule has 1 aromatic carbocycles. The third kappa shape index (κ3) is 3.56. The summed E-state index contributed by atoms with van der Waals surface area (Å²) in [7, 11) is 0. The highest BCUT2D eigenvalue weighted by molar-refractivity contribution is 7.15. The molecule has 6 nitrogen and oxygen atoms in total. The molecule has 4 rings (SSSR count). The maximum absolute atomic E-state index is 10.6. The second kappa shape index (κ2) is 7.65. The molecule has 3 aromatic rings. The van der Waals surface area contributed by atoms with Crippen molar-refractivity contribution in [1.29, 1.82) is 0 Å². The van der Waals surface area contributed by atoms with Gasteiger partial charge in [0.1, 0.15) is 11.1 Å². The van der Waals surface area contributed by atoms with E-state index in [4.69, 9.17) is 0 Å². The summed E-state index contributed by atoms with van der Waals surface area (Å²) in [5, 5.41) is 16.2. The molecule has 0 spiro atoms. The number of aliphatic hydroxyl groups is 1. The zero-order valence-corrected chi connectivity index (χ0v) is 15.7. The molecule has 26 heavy (non-hydrogen) atoms. The first-order valence-corrected chi connectivity index (χ1v) is 9.91. The average Bonchev–Trinajstić information content (AvgIpc) is 3.42. The van der Waals surface area contributed by atoms with Crippen LogP contribution in [0.1, 0.15) is 42.3 Å². The van der Waals surface area contributed by atoms with E-state index < -0.39 is 6.10 Å². The quantitative estimate of drug-likeness (QED) is 0.723. The highest BCUT2D eigenvalue weighted by atomic mass is 32.1. The number of rotatable bonds is 6. The lowest BCUT2D eigenvalue weighted by molar-refractivity contribution is 0.209. The number of thiazole rings is 1. The Kier molecular flexibility index (Phi) is 5.10. The van der Waals surface area contributed by atoms with Crippen LogP contribution >= 0.6 is 11.3 Å². The third-order valence-electron chi connectivity index (χ3n) is 4.68. The van der Waals surface area contributed by atoms with E-state index in [0.717, 1.165) is 40.9 Å². The van der Waals surface area contributed by atoms with Gasteiger partial charge in [-0.1, -0.05) is 30.3 Å². The van der Waals surface area contributed by atoms with Crippen LogP contribution in [0.4, 0.5) is 0 Å². The molecule has 2 aromatic heterocycles. The van der Waals surface area contributed by atoms with Gasteiger partial charge >= 0.3 is 0 Å². The van der Waals surface area contributed by atoms with Crippen molar-refractivity contribution in [3.05, 3.63) is 52.9 Å². The lowest BCUT2D eigenvalue weighted by atomic mass is 10.1. The molecule has 1 N–H and O–H groups in total. The maximum Gasteiger partial charge on any atom is 0.184 e. The van der Waals surface area contributed by atoms with Gasteiger partial charge in [0.15, 0.2) is 11.6 Å². The lowest BCUT2D eigenvalue weighted by Gasteiger charge is -2.11. The van der Waals surface area contributed by atoms with Gasteiger partial charge in [-0.3, -0.25) is 4.90 Å². The van der Waals surface area contributed by atoms with Crippen molar-refractivity contribution in [1.82, 2.24) is 24.6 Å². The molecule has 3 heterocycles. The van der Waals surface area contributed by atoms with Gasteiger partial charge < -0.3 is 5.11 Å². The summed E-state index contributed by atoms with van der Waals surface area (Å²) >= 11 is 1.67. The summed E-state index contributed by atoms with van der Waals surface area (Å²) in [4.78, 5) is 12.7. The molecule has 1 saturated heterocycles. The van der Waals surface area contributed by atoms with Crippen molar-refractivity contribution in [2.75, 3.05) is 13.1 Å². The second-order valence-electron chi connectivity index (χ2n) is 6.52. The second-order valence-corrected chi connectivity index (χ2v) is 7.64. The molecule has 1 atom stereocenters. The van der Waals surface area contributed by atoms with E-state index in [1.54, 1.807) is 11.3 Å². The summed E-state index contributed by atoms with van der Waals surface area (Å²) in [6, 6.07) is 9.52. The smallest absolute Gasteiger partial charge is 0.184 e. The monoisotopic (exact) mass is 369 g/mol. The molecule has 0 aliphatic carbocycles. The van der Waals surface area contributed by atoms with Gasteiger partial charge in [-0.25, -0.2) is 14.6 Å². The number of nitrogens with zero attached hydrogens (tertiary/aromatic N) is 5. The molecule has 1 fully saturated rings. The van der Waals surface area contributed by atoms with Crippen molar-refractivity contribution in [2.24, 2.45) is 0 Å². The van der Waals surface area contributed by atoms with Crippen molar-refractivity contribution < 1.29 is 5.11 Å². The zero-order valence-electron chi connectivity index (χ0n) is 14.9. The Morgan fingerprint density at radius 2 is 1.96 bits per heavy atom. The fraction of sp³-hybridized carbons (Fsp3) is 0.421. The van der Waals surface area contributed by atoms with Gasteiger partial charge in [0.2, 0.25) is 0 Å². The maximum atomic E-state index is 10.6. The van der Waals surface area contributed by atoms with E-state index in [-0.39, 0.29) is 0 Å². The van der Waals surface area contributed by atoms with E-state index in [9.17, 15) is 5.11 Å². The van der Waals surface area contributed by atoms with Crippen molar-refractivity contribution >= 4 is 11.3 Å². The number of aliphatic hydroxyl groups excluding tert-OH is 1. The van der Waals surface area contributed by atoms with Crippen LogP contribution in [0.25, 0.3) is 10.7 Å². The standard InChI is InChI=1S/C19H23N5OS/c1-2-24-19(15-12-20-16(26-15)13-23-10-6-7-11-23)21-18(22-24)17(25)14-8-4-3-5-9-14/h3-5,8-9,12,17,25H,2,6-7,10-11,13H2,1H3/t17-/m1/s1. The first-order valence-electron chi connectivity index (χ1n) is 9.09. The van der Waals surface area contributed by atoms with Gasteiger partial charge in [-0.15, -0.1) is 11.3 Å². The average molecular weight is 369 g/mol. The summed E-state index contributed by atoms with van der Waals surface area (Å²) < 4.78 is 1.84. The third-order valence-corrected chi connectivity index (χ3v) is 5.66. The number of hydrogen-bond acceptors (Lipinski definition) is 6. The largest absolute Gasteiger partial charge is 0.380 e. The van der Waals surface area contributed by atoms with Crippen LogP contribution < -0.4 is 0 Å². The van der Waals surface area contributed by atoms with Crippen LogP contribution in [-0.4, -0.2) is 42.8 Å². The summed E-state index contributed by atoms with van der Waals surface area (Å²) in [5.41, 5.74) is 0.798. The molecule has 1 aliphatic rings. The highest BCUT2D eigenvalue weighted by Gasteiger charge is 2.21. The molecule has 0 amide bonds. The minimum atomic E-state index is -0.820. The number of aromatic nitrogens is 4. The van der Waals surface area contributed by atoms with Crippen molar-refractivity contribution in [2.45, 2.75) is 39.0 Å². The molecule has 0 saturated carbocycles. The molecule has 0 radical (unpaired) electrons. The van der Waals surface area contributed by atoms with E-state index in [1.807, 2.05) is 48.1 Å². The van der Waals surface area contributed by atoms with E-state index in [0.29, 0.717) is 12.4 Å². The Morgan fingerprint density at radius 1 is 1.19 bits per heavy atom. The molecular formula is C19H23N5OS. The van der Waals surface area contributed by atoms with Crippen LogP contribution in [0, 0.1) is 0 Å². The Balaban J connectivity index is 1.58. The molecule has 136 valence electrons. The van der Waals surface area contributed by atoms with Gasteiger partial charge in [0, 0.05) is 12.7 Å². The highest BCUT2D eigenvalue weighted by Crippen LogP contribution is 2.28. The number of benzene rings is 1. The van der Waals surface area contributed by atoms with E-state index >= 15 is 0 Å². The fourth-order valence-corrected chi connectivity index (χ4v) is 4.24. The fourth-order valence-electron chi connectivity index (χ4n) is 3.28. The Bertz CT molecular complexity index is 854. The lowest BCUT2D eigenvalue weighted by Crippen LogP contribution is -2.17. The first-order chi connectivity index (χ1) is 12.7. The van der Waals surface area contributed by atoms with Gasteiger partial charge in [0.25, 0.3) is 0 Å². The summed E-state index contributed by atoms with van der Waals surface area (Å²) in [6.45, 7) is 5.96. The van der Waals surface area contributed by atoms with Crippen molar-refractivity contribution in [3.63, 3.8) is 0 Å². The van der Waals surface area contributed by atoms with Gasteiger partial charge in [0.05, 0.1) is 11.4 Å². The van der Waals surface area contributed by atoms with Crippen LogP contribution in [0.2, 0.25) is 0 Å². The molecule has 1 aliphatic heterocycles. The SMILES string of the molecule is CCn1nc([C@H](O)c2ccccc2)nc1-c1cnc(CN2CCCC2)s1. The number of likely N-dealkylation sites (tertiary alicyclic amines) is 1. The van der Waals surface area contributed by atoms with Gasteiger partial charge in [-0.2, -0.15) is 5.10 Å². The minimum Gasteiger partial charge on any atom is -0.380 e. The molecule has 7 heteroatoms. The normalized spacial score (nSPS) is 16.2. The molecule has 0 bridgehead atoms. The Labute approximate surface area is 157 Å². The van der Waals surface area contributed by atoms with Crippen LogP contribution in [0.5, 0.6) is 0 Å². The van der Waals surface area contributed by atoms with E-state index in [2.05, 4.69) is 20.0 Å². The zero-order chi connectivity index (χ0) is 17.9. The predicted octanol–water partition coefficient (Wildman–Crippen LogP) is 3.10. The van der Waals surface area contributed by atoms with Crippen LogP contribution in [0.3, 0.4) is 0 Å². The van der Waals surface area contributed by atoms with E-state index in [1.165, 1.54) is 12.8 Å². The predicted molar refractivity (Wildman–Crippen MR) is 102 cm³/mol. The summed E-state index contributed by atoms with van der Waals surface area (Å²) in [6.07, 6.45) is 3.62. The van der Waals surface area contributed by atoms with Crippen LogP contribution in [0.15, 0.2) is 36.5 Å². The van der Waals surface area contributed by atoms with Crippen LogP contribution in [-0.2, 0) is 13.1 Å². The first kappa shape index (κ1) is 17.3. The number of hydrogen-bond donors (Lipinski definition) is 1. The minimum absolute atomic E-state index is 0.433. The number of aryl methyl sites for hydroxylation is 1. The Hall–Kier alpha value is -2.09. The summed E-state index contributed by atoms with van der Waals surface area (Å²) in [5.74, 6) is 1.21. The molecule has 0 unspecified atom stereocenters. The molecular weight excluding hydrogens is 346 g/mol.